The summed E-state index contributed by atoms with van der Waals surface area (Å²) in [5.74, 6) is 1.75. The smallest absolute Gasteiger partial charge is 0.119 e. The van der Waals surface area contributed by atoms with Crippen LogP contribution in [0, 0.1) is 0 Å². The van der Waals surface area contributed by atoms with E-state index in [9.17, 15) is 0 Å². The summed E-state index contributed by atoms with van der Waals surface area (Å²) >= 11 is 12.0. The number of hydrogen-bond acceptors (Lipinski definition) is 2. The molecule has 0 aliphatic heterocycles. The maximum atomic E-state index is 6.13. The van der Waals surface area contributed by atoms with Crippen LogP contribution in [0.15, 0.2) is 54.9 Å². The number of halogens is 2. The quantitative estimate of drug-likeness (QED) is 0.722. The fraction of sp³-hybridized carbons (Fsp3) is 0.118. The van der Waals surface area contributed by atoms with Crippen LogP contribution >= 0.6 is 23.2 Å². The zero-order valence-corrected chi connectivity index (χ0v) is 13.2. The lowest BCUT2D eigenvalue weighted by Crippen LogP contribution is -1.97. The average molecular weight is 333 g/mol. The van der Waals surface area contributed by atoms with Crippen molar-refractivity contribution in [2.24, 2.45) is 0 Å². The Bertz CT molecular complexity index is 740. The maximum absolute atomic E-state index is 6.13. The van der Waals surface area contributed by atoms with Crippen molar-refractivity contribution in [3.05, 3.63) is 81.9 Å². The van der Waals surface area contributed by atoms with Gasteiger partial charge in [-0.25, -0.2) is 4.98 Å². The van der Waals surface area contributed by atoms with E-state index in [0.29, 0.717) is 16.7 Å². The van der Waals surface area contributed by atoms with Gasteiger partial charge in [0.2, 0.25) is 0 Å². The Morgan fingerprint density at radius 2 is 1.86 bits per heavy atom. The lowest BCUT2D eigenvalue weighted by Gasteiger charge is -2.09. The summed E-state index contributed by atoms with van der Waals surface area (Å²) < 4.78 is 5.75. The number of nitrogens with one attached hydrogen (secondary N) is 1. The van der Waals surface area contributed by atoms with Crippen LogP contribution < -0.4 is 4.74 Å². The van der Waals surface area contributed by atoms with E-state index in [1.807, 2.05) is 36.5 Å². The van der Waals surface area contributed by atoms with Crippen molar-refractivity contribution in [1.29, 1.82) is 0 Å². The lowest BCUT2D eigenvalue weighted by molar-refractivity contribution is 0.306. The Morgan fingerprint density at radius 1 is 1.05 bits per heavy atom. The molecule has 0 radical (unpaired) electrons. The zero-order valence-electron chi connectivity index (χ0n) is 11.7. The molecule has 0 atom stereocenters. The van der Waals surface area contributed by atoms with E-state index in [1.54, 1.807) is 18.3 Å². The van der Waals surface area contributed by atoms with E-state index < -0.39 is 0 Å². The third kappa shape index (κ3) is 3.81. The van der Waals surface area contributed by atoms with Crippen molar-refractivity contribution in [2.45, 2.75) is 13.0 Å². The van der Waals surface area contributed by atoms with Gasteiger partial charge in [0, 0.05) is 34.4 Å². The third-order valence-corrected chi connectivity index (χ3v) is 3.85. The fourth-order valence-electron chi connectivity index (χ4n) is 2.09. The Hall–Kier alpha value is -1.97. The number of rotatable bonds is 5. The van der Waals surface area contributed by atoms with Gasteiger partial charge in [-0.15, -0.1) is 0 Å². The van der Waals surface area contributed by atoms with Gasteiger partial charge in [0.1, 0.15) is 18.2 Å². The number of aromatic amines is 1. The SMILES string of the molecule is Clc1ccc(COc2ccc(Cc3ncc[nH]3)cc2)c(Cl)c1. The summed E-state index contributed by atoms with van der Waals surface area (Å²) in [7, 11) is 0. The second-order valence-corrected chi connectivity index (χ2v) is 5.72. The summed E-state index contributed by atoms with van der Waals surface area (Å²) in [6, 6.07) is 13.3. The molecule has 0 saturated carbocycles. The molecule has 22 heavy (non-hydrogen) atoms. The van der Waals surface area contributed by atoms with Gasteiger partial charge in [0.25, 0.3) is 0 Å². The number of ether oxygens (including phenoxy) is 1. The number of imidazole rings is 1. The maximum Gasteiger partial charge on any atom is 0.119 e. The second-order valence-electron chi connectivity index (χ2n) is 4.88. The molecule has 1 aromatic heterocycles. The fourth-order valence-corrected chi connectivity index (χ4v) is 2.55. The van der Waals surface area contributed by atoms with Gasteiger partial charge >= 0.3 is 0 Å². The predicted molar refractivity (Wildman–Crippen MR) is 88.6 cm³/mol. The van der Waals surface area contributed by atoms with Gasteiger partial charge in [-0.05, 0) is 29.8 Å². The van der Waals surface area contributed by atoms with E-state index in [-0.39, 0.29) is 0 Å². The summed E-state index contributed by atoms with van der Waals surface area (Å²) in [6.45, 7) is 0.410. The first kappa shape index (κ1) is 14.9. The van der Waals surface area contributed by atoms with Crippen LogP contribution in [0.4, 0.5) is 0 Å². The number of hydrogen-bond donors (Lipinski definition) is 1. The van der Waals surface area contributed by atoms with Crippen LogP contribution in [0.5, 0.6) is 5.75 Å². The Morgan fingerprint density at radius 3 is 2.55 bits per heavy atom. The summed E-state index contributed by atoms with van der Waals surface area (Å²) in [4.78, 5) is 7.30. The van der Waals surface area contributed by atoms with Crippen molar-refractivity contribution in [1.82, 2.24) is 9.97 Å². The highest BCUT2D eigenvalue weighted by Crippen LogP contribution is 2.23. The Kier molecular flexibility index (Phi) is 4.66. The topological polar surface area (TPSA) is 37.9 Å². The van der Waals surface area contributed by atoms with E-state index >= 15 is 0 Å². The monoisotopic (exact) mass is 332 g/mol. The van der Waals surface area contributed by atoms with Crippen LogP contribution in [0.2, 0.25) is 10.0 Å². The summed E-state index contributed by atoms with van der Waals surface area (Å²) in [5.41, 5.74) is 2.08. The molecular formula is C17H14Cl2N2O. The molecule has 3 rings (SSSR count). The van der Waals surface area contributed by atoms with Gasteiger partial charge in [0.15, 0.2) is 0 Å². The summed E-state index contributed by atoms with van der Waals surface area (Å²) in [6.07, 6.45) is 4.35. The van der Waals surface area contributed by atoms with Crippen molar-refractivity contribution in [2.75, 3.05) is 0 Å². The molecule has 0 unspecified atom stereocenters. The minimum atomic E-state index is 0.410. The van der Waals surface area contributed by atoms with Crippen LogP contribution in [-0.4, -0.2) is 9.97 Å². The molecule has 0 saturated heterocycles. The first-order chi connectivity index (χ1) is 10.7. The molecule has 3 aromatic rings. The van der Waals surface area contributed by atoms with Crippen LogP contribution in [0.25, 0.3) is 0 Å². The van der Waals surface area contributed by atoms with Gasteiger partial charge < -0.3 is 9.72 Å². The standard InChI is InChI=1S/C17H14Cl2N2O/c18-14-4-3-13(16(19)10-14)11-22-15-5-1-12(2-6-15)9-17-20-7-8-21-17/h1-8,10H,9,11H2,(H,20,21). The Balaban J connectivity index is 1.61. The molecule has 1 N–H and O–H groups in total. The van der Waals surface area contributed by atoms with Crippen molar-refractivity contribution in [3.8, 4) is 5.75 Å². The first-order valence-electron chi connectivity index (χ1n) is 6.84. The van der Waals surface area contributed by atoms with Gasteiger partial charge in [-0.1, -0.05) is 41.4 Å². The predicted octanol–water partition coefficient (Wildman–Crippen LogP) is 4.89. The molecule has 0 amide bonds. The molecule has 1 heterocycles. The molecule has 112 valence electrons. The van der Waals surface area contributed by atoms with E-state index in [4.69, 9.17) is 27.9 Å². The van der Waals surface area contributed by atoms with Crippen LogP contribution in [0.3, 0.4) is 0 Å². The molecule has 0 fully saturated rings. The average Bonchev–Trinajstić information content (AvgIpc) is 3.01. The Labute approximate surface area is 138 Å². The van der Waals surface area contributed by atoms with Crippen molar-refractivity contribution < 1.29 is 4.74 Å². The molecule has 0 bridgehead atoms. The molecule has 0 aliphatic rings. The van der Waals surface area contributed by atoms with Gasteiger partial charge in [-0.3, -0.25) is 0 Å². The minimum Gasteiger partial charge on any atom is -0.489 e. The molecule has 0 spiro atoms. The number of benzene rings is 2. The second kappa shape index (κ2) is 6.86. The molecule has 5 heteroatoms. The number of nitrogens with zero attached hydrogens (tertiary/aromatic N) is 1. The van der Waals surface area contributed by atoms with Crippen molar-refractivity contribution in [3.63, 3.8) is 0 Å². The highest BCUT2D eigenvalue weighted by molar-refractivity contribution is 6.35. The zero-order chi connectivity index (χ0) is 15.4. The van der Waals surface area contributed by atoms with Crippen molar-refractivity contribution >= 4 is 23.2 Å². The van der Waals surface area contributed by atoms with E-state index in [0.717, 1.165) is 23.6 Å². The molecule has 0 aliphatic carbocycles. The van der Waals surface area contributed by atoms with E-state index in [1.165, 1.54) is 5.56 Å². The lowest BCUT2D eigenvalue weighted by atomic mass is 10.1. The normalized spacial score (nSPS) is 10.6. The first-order valence-corrected chi connectivity index (χ1v) is 7.60. The third-order valence-electron chi connectivity index (χ3n) is 3.26. The number of H-pyrrole nitrogens is 1. The van der Waals surface area contributed by atoms with Crippen LogP contribution in [0.1, 0.15) is 17.0 Å². The highest BCUT2D eigenvalue weighted by Gasteiger charge is 2.03. The summed E-state index contributed by atoms with van der Waals surface area (Å²) in [5, 5.41) is 1.23. The molecule has 2 aromatic carbocycles. The van der Waals surface area contributed by atoms with Gasteiger partial charge in [0.05, 0.1) is 0 Å². The highest BCUT2D eigenvalue weighted by atomic mass is 35.5. The van der Waals surface area contributed by atoms with Crippen LogP contribution in [-0.2, 0) is 13.0 Å². The minimum absolute atomic E-state index is 0.410. The number of aromatic nitrogens is 2. The van der Waals surface area contributed by atoms with Gasteiger partial charge in [-0.2, -0.15) is 0 Å². The largest absolute Gasteiger partial charge is 0.489 e. The molecular weight excluding hydrogens is 319 g/mol. The molecule has 3 nitrogen and oxygen atoms in total. The van der Waals surface area contributed by atoms with E-state index in [2.05, 4.69) is 9.97 Å².